The van der Waals surface area contributed by atoms with Crippen molar-refractivity contribution in [2.45, 2.75) is 26.2 Å². The van der Waals surface area contributed by atoms with Crippen molar-refractivity contribution in [1.29, 1.82) is 0 Å². The van der Waals surface area contributed by atoms with Crippen LogP contribution in [-0.2, 0) is 0 Å². The molecule has 0 aromatic rings. The van der Waals surface area contributed by atoms with E-state index >= 15 is 0 Å². The summed E-state index contributed by atoms with van der Waals surface area (Å²) < 4.78 is 0. The molecule has 0 heterocycles. The van der Waals surface area contributed by atoms with Crippen molar-refractivity contribution in [3.63, 3.8) is 0 Å². The predicted molar refractivity (Wildman–Crippen MR) is 32.2 cm³/mol. The molecule has 1 fully saturated rings. The Morgan fingerprint density at radius 1 is 1.88 bits per heavy atom. The normalized spacial score (nSPS) is 32.6. The smallest absolute Gasteiger partial charge is 0.0601 e. The van der Waals surface area contributed by atoms with Gasteiger partial charge in [-0.15, -0.1) is 0 Å². The van der Waals surface area contributed by atoms with Gasteiger partial charge in [0.25, 0.3) is 0 Å². The molecular weight excluding hydrogens is 102 g/mol. The van der Waals surface area contributed by atoms with E-state index in [1.165, 1.54) is 6.42 Å². The Balaban J connectivity index is 2.38. The van der Waals surface area contributed by atoms with Crippen LogP contribution in [0.1, 0.15) is 26.2 Å². The van der Waals surface area contributed by atoms with Gasteiger partial charge in [-0.2, -0.15) is 0 Å². The first-order chi connectivity index (χ1) is 3.88. The Bertz CT molecular complexity index is 107. The molecule has 1 unspecified atom stereocenters. The topological polar surface area (TPSA) is 32.6 Å². The standard InChI is InChI=1S/C6H11NO/c1-2-5-3-4-6(5)7-8/h5,8H,2-4H2,1H3. The van der Waals surface area contributed by atoms with Gasteiger partial charge in [0.2, 0.25) is 0 Å². The minimum absolute atomic E-state index is 0.597. The molecule has 1 aliphatic carbocycles. The lowest BCUT2D eigenvalue weighted by Crippen LogP contribution is -2.24. The molecule has 8 heavy (non-hydrogen) atoms. The van der Waals surface area contributed by atoms with E-state index in [0.717, 1.165) is 18.6 Å². The van der Waals surface area contributed by atoms with Gasteiger partial charge in [0.15, 0.2) is 0 Å². The third kappa shape index (κ3) is 0.703. The number of hydrogen-bond acceptors (Lipinski definition) is 2. The van der Waals surface area contributed by atoms with Crippen molar-refractivity contribution in [3.05, 3.63) is 0 Å². The molecule has 1 aliphatic rings. The lowest BCUT2D eigenvalue weighted by Gasteiger charge is -2.24. The van der Waals surface area contributed by atoms with Crippen LogP contribution in [0.5, 0.6) is 0 Å². The predicted octanol–water partition coefficient (Wildman–Crippen LogP) is 1.64. The molecule has 0 bridgehead atoms. The molecule has 2 nitrogen and oxygen atoms in total. The molecule has 46 valence electrons. The van der Waals surface area contributed by atoms with Crippen molar-refractivity contribution in [3.8, 4) is 0 Å². The van der Waals surface area contributed by atoms with Crippen molar-refractivity contribution < 1.29 is 5.21 Å². The fraction of sp³-hybridized carbons (Fsp3) is 0.833. The molecule has 0 aromatic carbocycles. The Hall–Kier alpha value is -0.530. The summed E-state index contributed by atoms with van der Waals surface area (Å²) in [4.78, 5) is 0. The molecule has 1 atom stereocenters. The highest BCUT2D eigenvalue weighted by atomic mass is 16.4. The van der Waals surface area contributed by atoms with E-state index in [4.69, 9.17) is 5.21 Å². The second-order valence-corrected chi connectivity index (χ2v) is 2.24. The van der Waals surface area contributed by atoms with Gasteiger partial charge in [-0.05, 0) is 19.3 Å². The van der Waals surface area contributed by atoms with Crippen LogP contribution in [0.15, 0.2) is 5.16 Å². The van der Waals surface area contributed by atoms with E-state index in [9.17, 15) is 0 Å². The van der Waals surface area contributed by atoms with Gasteiger partial charge >= 0.3 is 0 Å². The second-order valence-electron chi connectivity index (χ2n) is 2.24. The average molecular weight is 113 g/mol. The maximum absolute atomic E-state index is 8.28. The van der Waals surface area contributed by atoms with E-state index in [0.29, 0.717) is 5.92 Å². The summed E-state index contributed by atoms with van der Waals surface area (Å²) >= 11 is 0. The fourth-order valence-electron chi connectivity index (χ4n) is 1.05. The van der Waals surface area contributed by atoms with Crippen molar-refractivity contribution >= 4 is 5.71 Å². The zero-order valence-corrected chi connectivity index (χ0v) is 5.09. The minimum atomic E-state index is 0.597. The maximum atomic E-state index is 8.28. The molecule has 2 heteroatoms. The first-order valence-electron chi connectivity index (χ1n) is 3.09. The lowest BCUT2D eigenvalue weighted by atomic mass is 9.81. The Labute approximate surface area is 49.2 Å². The van der Waals surface area contributed by atoms with Gasteiger partial charge in [-0.3, -0.25) is 0 Å². The molecular formula is C6H11NO. The maximum Gasteiger partial charge on any atom is 0.0601 e. The summed E-state index contributed by atoms with van der Waals surface area (Å²) in [5.74, 6) is 0.597. The summed E-state index contributed by atoms with van der Waals surface area (Å²) in [5, 5.41) is 11.4. The first kappa shape index (κ1) is 5.60. The van der Waals surface area contributed by atoms with E-state index in [1.807, 2.05) is 0 Å². The summed E-state index contributed by atoms with van der Waals surface area (Å²) in [7, 11) is 0. The molecule has 0 aliphatic heterocycles. The van der Waals surface area contributed by atoms with Crippen molar-refractivity contribution in [1.82, 2.24) is 0 Å². The van der Waals surface area contributed by atoms with Crippen LogP contribution in [0, 0.1) is 5.92 Å². The molecule has 0 saturated heterocycles. The molecule has 1 N–H and O–H groups in total. The largest absolute Gasteiger partial charge is 0.411 e. The van der Waals surface area contributed by atoms with Crippen LogP contribution in [0.4, 0.5) is 0 Å². The zero-order chi connectivity index (χ0) is 5.98. The Morgan fingerprint density at radius 2 is 2.62 bits per heavy atom. The fourth-order valence-corrected chi connectivity index (χ4v) is 1.05. The number of hydrogen-bond donors (Lipinski definition) is 1. The number of rotatable bonds is 1. The molecule has 1 saturated carbocycles. The lowest BCUT2D eigenvalue weighted by molar-refractivity contribution is 0.304. The second kappa shape index (κ2) is 2.16. The van der Waals surface area contributed by atoms with E-state index < -0.39 is 0 Å². The monoisotopic (exact) mass is 113 g/mol. The highest BCUT2D eigenvalue weighted by Crippen LogP contribution is 2.26. The summed E-state index contributed by atoms with van der Waals surface area (Å²) in [5.41, 5.74) is 0.993. The van der Waals surface area contributed by atoms with Crippen LogP contribution in [0.2, 0.25) is 0 Å². The Kier molecular flexibility index (Phi) is 1.51. The van der Waals surface area contributed by atoms with Crippen molar-refractivity contribution in [2.75, 3.05) is 0 Å². The molecule has 0 spiro atoms. The molecule has 0 aromatic heterocycles. The van der Waals surface area contributed by atoms with Gasteiger partial charge in [0.05, 0.1) is 5.71 Å². The molecule has 1 rings (SSSR count). The van der Waals surface area contributed by atoms with Crippen LogP contribution in [0.25, 0.3) is 0 Å². The molecule has 0 amide bonds. The van der Waals surface area contributed by atoms with E-state index in [-0.39, 0.29) is 0 Å². The van der Waals surface area contributed by atoms with E-state index in [2.05, 4.69) is 12.1 Å². The van der Waals surface area contributed by atoms with Crippen LogP contribution in [0.3, 0.4) is 0 Å². The van der Waals surface area contributed by atoms with Crippen molar-refractivity contribution in [2.24, 2.45) is 11.1 Å². The van der Waals surface area contributed by atoms with Gasteiger partial charge in [0, 0.05) is 5.92 Å². The van der Waals surface area contributed by atoms with Gasteiger partial charge in [-0.25, -0.2) is 0 Å². The first-order valence-corrected chi connectivity index (χ1v) is 3.09. The van der Waals surface area contributed by atoms with Crippen LogP contribution < -0.4 is 0 Å². The van der Waals surface area contributed by atoms with Crippen LogP contribution >= 0.6 is 0 Å². The van der Waals surface area contributed by atoms with Gasteiger partial charge < -0.3 is 5.21 Å². The highest BCUT2D eigenvalue weighted by molar-refractivity contribution is 5.91. The average Bonchev–Trinajstić information content (AvgIpc) is 1.66. The third-order valence-electron chi connectivity index (χ3n) is 1.84. The van der Waals surface area contributed by atoms with Crippen LogP contribution in [-0.4, -0.2) is 10.9 Å². The third-order valence-corrected chi connectivity index (χ3v) is 1.84. The molecule has 0 radical (unpaired) electrons. The SMILES string of the molecule is CCC1CCC1=NO. The summed E-state index contributed by atoms with van der Waals surface area (Å²) in [6.07, 6.45) is 3.35. The zero-order valence-electron chi connectivity index (χ0n) is 5.09. The quantitative estimate of drug-likeness (QED) is 0.407. The van der Waals surface area contributed by atoms with Gasteiger partial charge in [0.1, 0.15) is 0 Å². The summed E-state index contributed by atoms with van der Waals surface area (Å²) in [6.45, 7) is 2.12. The minimum Gasteiger partial charge on any atom is -0.411 e. The highest BCUT2D eigenvalue weighted by Gasteiger charge is 2.23. The van der Waals surface area contributed by atoms with Gasteiger partial charge in [-0.1, -0.05) is 12.1 Å². The van der Waals surface area contributed by atoms with E-state index in [1.54, 1.807) is 0 Å². The summed E-state index contributed by atoms with van der Waals surface area (Å²) in [6, 6.07) is 0. The Morgan fingerprint density at radius 3 is 2.75 bits per heavy atom. The number of oxime groups is 1. The number of nitrogens with zero attached hydrogens (tertiary/aromatic N) is 1.